The SMILES string of the molecule is CCNC(=NCCc1noc(-c2ccccn2)n1)N(C)Cc1cccc(Cl)c1.I. The molecule has 2 aromatic heterocycles. The molecule has 1 N–H and O–H groups in total. The second-order valence-electron chi connectivity index (χ2n) is 6.20. The summed E-state index contributed by atoms with van der Waals surface area (Å²) < 4.78 is 5.28. The van der Waals surface area contributed by atoms with Crippen LogP contribution in [0.4, 0.5) is 0 Å². The van der Waals surface area contributed by atoms with Gasteiger partial charge in [0, 0.05) is 44.3 Å². The van der Waals surface area contributed by atoms with Crippen molar-refractivity contribution < 1.29 is 4.52 Å². The Hall–Kier alpha value is -2.20. The zero-order chi connectivity index (χ0) is 19.8. The molecule has 0 saturated heterocycles. The maximum absolute atomic E-state index is 6.08. The van der Waals surface area contributed by atoms with Crippen molar-refractivity contribution in [3.63, 3.8) is 0 Å². The van der Waals surface area contributed by atoms with Crippen LogP contribution in [0, 0.1) is 0 Å². The molecule has 0 saturated carbocycles. The number of aromatic nitrogens is 3. The highest BCUT2D eigenvalue weighted by Gasteiger charge is 2.10. The first-order valence-corrected chi connectivity index (χ1v) is 9.51. The summed E-state index contributed by atoms with van der Waals surface area (Å²) in [7, 11) is 2.00. The van der Waals surface area contributed by atoms with Crippen molar-refractivity contribution in [2.24, 2.45) is 4.99 Å². The minimum atomic E-state index is 0. The molecule has 0 fully saturated rings. The van der Waals surface area contributed by atoms with Gasteiger partial charge in [-0.3, -0.25) is 9.98 Å². The van der Waals surface area contributed by atoms with Gasteiger partial charge in [-0.2, -0.15) is 4.98 Å². The van der Waals surface area contributed by atoms with Gasteiger partial charge in [-0.25, -0.2) is 0 Å². The Morgan fingerprint density at radius 1 is 1.24 bits per heavy atom. The van der Waals surface area contributed by atoms with Crippen LogP contribution in [-0.2, 0) is 13.0 Å². The third-order valence-corrected chi connectivity index (χ3v) is 4.19. The third-order valence-electron chi connectivity index (χ3n) is 3.95. The maximum Gasteiger partial charge on any atom is 0.276 e. The molecule has 2 heterocycles. The van der Waals surface area contributed by atoms with Gasteiger partial charge in [-0.05, 0) is 36.8 Å². The molecule has 3 rings (SSSR count). The van der Waals surface area contributed by atoms with Gasteiger partial charge in [0.15, 0.2) is 11.8 Å². The summed E-state index contributed by atoms with van der Waals surface area (Å²) in [5, 5.41) is 8.05. The lowest BCUT2D eigenvalue weighted by molar-refractivity contribution is 0.421. The van der Waals surface area contributed by atoms with E-state index < -0.39 is 0 Å². The average molecular weight is 527 g/mol. The molecule has 0 spiro atoms. The molecular weight excluding hydrogens is 503 g/mol. The lowest BCUT2D eigenvalue weighted by Crippen LogP contribution is -2.38. The van der Waals surface area contributed by atoms with Crippen molar-refractivity contribution in [3.05, 3.63) is 65.1 Å². The van der Waals surface area contributed by atoms with E-state index in [1.807, 2.05) is 56.4 Å². The second kappa shape index (κ2) is 11.7. The molecule has 0 aliphatic carbocycles. The van der Waals surface area contributed by atoms with E-state index in [-0.39, 0.29) is 24.0 Å². The monoisotopic (exact) mass is 526 g/mol. The summed E-state index contributed by atoms with van der Waals surface area (Å²) in [4.78, 5) is 15.3. The fourth-order valence-corrected chi connectivity index (χ4v) is 2.88. The van der Waals surface area contributed by atoms with Gasteiger partial charge in [-0.15, -0.1) is 24.0 Å². The Kier molecular flexibility index (Phi) is 9.33. The van der Waals surface area contributed by atoms with E-state index in [1.54, 1.807) is 6.20 Å². The number of guanidine groups is 1. The number of rotatable bonds is 7. The van der Waals surface area contributed by atoms with Crippen LogP contribution in [-0.4, -0.2) is 46.1 Å². The first-order chi connectivity index (χ1) is 13.7. The van der Waals surface area contributed by atoms with Crippen molar-refractivity contribution in [2.75, 3.05) is 20.1 Å². The molecule has 0 aliphatic heterocycles. The Morgan fingerprint density at radius 2 is 2.10 bits per heavy atom. The number of hydrogen-bond donors (Lipinski definition) is 1. The van der Waals surface area contributed by atoms with E-state index in [0.717, 1.165) is 23.1 Å². The molecule has 7 nitrogen and oxygen atoms in total. The number of nitrogens with one attached hydrogen (secondary N) is 1. The lowest BCUT2D eigenvalue weighted by atomic mass is 10.2. The van der Waals surface area contributed by atoms with Crippen LogP contribution < -0.4 is 5.32 Å². The smallest absolute Gasteiger partial charge is 0.276 e. The fraction of sp³-hybridized carbons (Fsp3) is 0.300. The topological polar surface area (TPSA) is 79.4 Å². The van der Waals surface area contributed by atoms with E-state index in [0.29, 0.717) is 36.9 Å². The van der Waals surface area contributed by atoms with Crippen molar-refractivity contribution in [1.82, 2.24) is 25.3 Å². The molecule has 0 atom stereocenters. The fourth-order valence-electron chi connectivity index (χ4n) is 2.66. The minimum absolute atomic E-state index is 0. The van der Waals surface area contributed by atoms with Crippen molar-refractivity contribution in [1.29, 1.82) is 0 Å². The highest BCUT2D eigenvalue weighted by molar-refractivity contribution is 14.0. The zero-order valence-corrected chi connectivity index (χ0v) is 19.5. The first kappa shape index (κ1) is 23.1. The largest absolute Gasteiger partial charge is 0.357 e. The van der Waals surface area contributed by atoms with Crippen molar-refractivity contribution in [2.45, 2.75) is 19.9 Å². The predicted molar refractivity (Wildman–Crippen MR) is 126 cm³/mol. The Bertz CT molecular complexity index is 918. The van der Waals surface area contributed by atoms with Gasteiger partial charge >= 0.3 is 0 Å². The Labute approximate surface area is 192 Å². The van der Waals surface area contributed by atoms with Crippen LogP contribution in [0.5, 0.6) is 0 Å². The molecule has 0 radical (unpaired) electrons. The highest BCUT2D eigenvalue weighted by Crippen LogP contribution is 2.14. The summed E-state index contributed by atoms with van der Waals surface area (Å²) in [6.07, 6.45) is 2.28. The number of halogens is 2. The molecule has 3 aromatic rings. The maximum atomic E-state index is 6.08. The second-order valence-corrected chi connectivity index (χ2v) is 6.64. The van der Waals surface area contributed by atoms with Crippen molar-refractivity contribution >= 4 is 41.5 Å². The quantitative estimate of drug-likeness (QED) is 0.284. The third kappa shape index (κ3) is 6.97. The predicted octanol–water partition coefficient (Wildman–Crippen LogP) is 4.04. The van der Waals surface area contributed by atoms with E-state index in [4.69, 9.17) is 16.1 Å². The van der Waals surface area contributed by atoms with Crippen LogP contribution in [0.3, 0.4) is 0 Å². The molecule has 0 unspecified atom stereocenters. The molecule has 154 valence electrons. The summed E-state index contributed by atoms with van der Waals surface area (Å²) in [6, 6.07) is 13.4. The molecule has 1 aromatic carbocycles. The average Bonchev–Trinajstić information content (AvgIpc) is 3.17. The van der Waals surface area contributed by atoms with Crippen molar-refractivity contribution in [3.8, 4) is 11.6 Å². The number of aliphatic imine (C=N–C) groups is 1. The van der Waals surface area contributed by atoms with E-state index in [1.165, 1.54) is 0 Å². The van der Waals surface area contributed by atoms with E-state index in [2.05, 4.69) is 30.3 Å². The van der Waals surface area contributed by atoms with Crippen LogP contribution in [0.2, 0.25) is 5.02 Å². The van der Waals surface area contributed by atoms with Crippen LogP contribution in [0.15, 0.2) is 58.2 Å². The first-order valence-electron chi connectivity index (χ1n) is 9.13. The van der Waals surface area contributed by atoms with Gasteiger partial charge in [0.25, 0.3) is 5.89 Å². The van der Waals surface area contributed by atoms with Crippen LogP contribution >= 0.6 is 35.6 Å². The van der Waals surface area contributed by atoms with Gasteiger partial charge in [0.1, 0.15) is 5.69 Å². The highest BCUT2D eigenvalue weighted by atomic mass is 127. The molecule has 0 aliphatic rings. The number of pyridine rings is 1. The summed E-state index contributed by atoms with van der Waals surface area (Å²) >= 11 is 6.08. The van der Waals surface area contributed by atoms with E-state index >= 15 is 0 Å². The van der Waals surface area contributed by atoms with Gasteiger partial charge in [-0.1, -0.05) is 35.0 Å². The summed E-state index contributed by atoms with van der Waals surface area (Å²) in [5.41, 5.74) is 1.79. The van der Waals surface area contributed by atoms with Gasteiger partial charge in [0.2, 0.25) is 0 Å². The molecule has 0 amide bonds. The Balaban J connectivity index is 0.00000300. The van der Waals surface area contributed by atoms with Crippen LogP contribution in [0.1, 0.15) is 18.3 Å². The van der Waals surface area contributed by atoms with E-state index in [9.17, 15) is 0 Å². The molecule has 9 heteroatoms. The molecule has 29 heavy (non-hydrogen) atoms. The normalized spacial score (nSPS) is 11.1. The standard InChI is InChI=1S/C20H23ClN6O.HI/c1-3-22-20(27(2)14-15-7-6-8-16(21)13-15)24-12-10-18-25-19(28-26-18)17-9-4-5-11-23-17;/h4-9,11,13H,3,10,12,14H2,1-2H3,(H,22,24);1H. The van der Waals surface area contributed by atoms with Gasteiger partial charge < -0.3 is 14.7 Å². The number of benzene rings is 1. The number of nitrogens with zero attached hydrogens (tertiary/aromatic N) is 5. The number of hydrogen-bond acceptors (Lipinski definition) is 5. The molecular formula is C20H24ClIN6O. The summed E-state index contributed by atoms with van der Waals surface area (Å²) in [5.74, 6) is 1.85. The van der Waals surface area contributed by atoms with Crippen LogP contribution in [0.25, 0.3) is 11.6 Å². The lowest BCUT2D eigenvalue weighted by Gasteiger charge is -2.22. The Morgan fingerprint density at radius 3 is 2.83 bits per heavy atom. The minimum Gasteiger partial charge on any atom is -0.357 e. The zero-order valence-electron chi connectivity index (χ0n) is 16.4. The van der Waals surface area contributed by atoms with Gasteiger partial charge in [0.05, 0.1) is 0 Å². The molecule has 0 bridgehead atoms. The summed E-state index contributed by atoms with van der Waals surface area (Å²) in [6.45, 7) is 4.08.